The first-order valence-corrected chi connectivity index (χ1v) is 11.4. The van der Waals surface area contributed by atoms with Gasteiger partial charge in [0, 0.05) is 0 Å². The minimum absolute atomic E-state index is 0. The molecular formula is C22H25ClSiZr-4. The molecule has 0 bridgehead atoms. The zero-order valence-corrected chi connectivity index (χ0v) is 19.6. The van der Waals surface area contributed by atoms with E-state index in [-0.39, 0.29) is 27.3 Å². The van der Waals surface area contributed by atoms with Crippen molar-refractivity contribution in [2.45, 2.75) is 13.8 Å². The van der Waals surface area contributed by atoms with Crippen LogP contribution in [0.15, 0.2) is 72.8 Å². The molecule has 0 spiro atoms. The van der Waals surface area contributed by atoms with Gasteiger partial charge in [-0.15, -0.1) is 93.6 Å². The number of halogens is 1. The Morgan fingerprint density at radius 2 is 1.00 bits per heavy atom. The van der Waals surface area contributed by atoms with Crippen LogP contribution < -0.4 is 0 Å². The molecule has 0 aliphatic rings. The van der Waals surface area contributed by atoms with Gasteiger partial charge < -0.3 is 14.9 Å². The number of rotatable bonds is 0. The third-order valence-corrected chi connectivity index (χ3v) is 3.52. The van der Waals surface area contributed by atoms with Crippen molar-refractivity contribution < 1.29 is 23.3 Å². The van der Waals surface area contributed by atoms with E-state index in [1.165, 1.54) is 56.0 Å². The second-order valence-electron chi connectivity index (χ2n) is 5.32. The normalized spacial score (nSPS) is 8.52. The third kappa shape index (κ3) is 7.44. The van der Waals surface area contributed by atoms with Crippen LogP contribution in [-0.2, 0) is 23.3 Å². The number of benzene rings is 2. The second-order valence-corrected chi connectivity index (χ2v) is 5.32. The summed E-state index contributed by atoms with van der Waals surface area (Å²) in [6.45, 7) is 7.31. The van der Waals surface area contributed by atoms with E-state index in [0.29, 0.717) is 0 Å². The van der Waals surface area contributed by atoms with Gasteiger partial charge in [0.1, 0.15) is 0 Å². The fourth-order valence-electron chi connectivity index (χ4n) is 2.61. The van der Waals surface area contributed by atoms with Gasteiger partial charge in [0.05, 0.1) is 0 Å². The minimum atomic E-state index is 0. The Kier molecular flexibility index (Phi) is 14.0. The molecule has 4 aromatic carbocycles. The van der Waals surface area contributed by atoms with Crippen LogP contribution in [0.2, 0.25) is 0 Å². The zero-order valence-electron chi connectivity index (χ0n) is 15.3. The molecule has 0 saturated heterocycles. The van der Waals surface area contributed by atoms with Gasteiger partial charge in [-0.05, 0) is 0 Å². The monoisotopic (exact) mass is 442 g/mol. The van der Waals surface area contributed by atoms with Gasteiger partial charge in [-0.3, -0.25) is 0 Å². The van der Waals surface area contributed by atoms with E-state index in [0.717, 1.165) is 0 Å². The summed E-state index contributed by atoms with van der Waals surface area (Å²) in [4.78, 5) is 0. The van der Waals surface area contributed by atoms with Crippen LogP contribution in [0.3, 0.4) is 0 Å². The van der Waals surface area contributed by atoms with Crippen molar-refractivity contribution in [2.75, 3.05) is 0 Å². The number of hydrogen-bond donors (Lipinski definition) is 0. The topological polar surface area (TPSA) is 0 Å². The van der Waals surface area contributed by atoms with Gasteiger partial charge in [-0.2, -0.15) is 12.1 Å². The Morgan fingerprint density at radius 1 is 0.680 bits per heavy atom. The quantitative estimate of drug-likeness (QED) is 0.210. The predicted molar refractivity (Wildman–Crippen MR) is 114 cm³/mol. The number of fused-ring (bicyclic) bond motifs is 2. The third-order valence-electron chi connectivity index (χ3n) is 3.52. The molecule has 0 amide bonds. The van der Waals surface area contributed by atoms with E-state index in [1.54, 1.807) is 0 Å². The molecule has 0 N–H and O–H groups in total. The van der Waals surface area contributed by atoms with E-state index in [9.17, 15) is 0 Å². The van der Waals surface area contributed by atoms with E-state index in [4.69, 9.17) is 0 Å². The van der Waals surface area contributed by atoms with Gasteiger partial charge in [-0.1, -0.05) is 26.0 Å². The predicted octanol–water partition coefficient (Wildman–Crippen LogP) is 6.67. The van der Waals surface area contributed by atoms with Gasteiger partial charge in [0.25, 0.3) is 0 Å². The fraction of sp³-hybridized carbons (Fsp3) is 0.0909. The number of hydrogen-bond acceptors (Lipinski definition) is 0. The molecule has 4 rings (SSSR count). The second kappa shape index (κ2) is 13.3. The first-order valence-electron chi connectivity index (χ1n) is 7.21. The van der Waals surface area contributed by atoms with Crippen molar-refractivity contribution >= 4 is 40.8 Å². The summed E-state index contributed by atoms with van der Waals surface area (Å²) in [7, 11) is 0. The molecule has 0 atom stereocenters. The van der Waals surface area contributed by atoms with Gasteiger partial charge >= 0.3 is 30.2 Å². The Bertz CT molecular complexity index is 722. The summed E-state index contributed by atoms with van der Waals surface area (Å²) in [5.74, 6) is 0. The van der Waals surface area contributed by atoms with E-state index in [2.05, 4.69) is 93.5 Å². The van der Waals surface area contributed by atoms with Crippen LogP contribution in [-0.4, -0.2) is 6.88 Å². The van der Waals surface area contributed by atoms with Crippen LogP contribution in [0.25, 0.3) is 21.5 Å². The maximum atomic E-state index is 3.06. The number of aryl methyl sites for hydroxylation is 2. The summed E-state index contributed by atoms with van der Waals surface area (Å²) in [6, 6.07) is 25.7. The van der Waals surface area contributed by atoms with Crippen LogP contribution in [0, 0.1) is 28.7 Å². The molecular weight excluding hydrogens is 419 g/mol. The molecule has 3 heteroatoms. The van der Waals surface area contributed by atoms with Crippen molar-refractivity contribution in [1.82, 2.24) is 0 Å². The Labute approximate surface area is 176 Å². The first kappa shape index (κ1) is 26.3. The molecule has 0 unspecified atom stereocenters. The molecule has 0 heterocycles. The molecule has 0 aliphatic heterocycles. The van der Waals surface area contributed by atoms with Crippen molar-refractivity contribution in [3.05, 3.63) is 98.8 Å². The summed E-state index contributed by atoms with van der Waals surface area (Å²) in [5, 5.41) is 5.39. The van der Waals surface area contributed by atoms with Crippen LogP contribution in [0.4, 0.5) is 0 Å². The SMILES string of the molecule is Cc1cc2ccccc2[cH-]1.Cc1cc2ccccc2[cH-]1.Cl.[CH3-].[CH3-].[Si]=[Zr]. The summed E-state index contributed by atoms with van der Waals surface area (Å²) >= 11 is 1.36. The fourth-order valence-corrected chi connectivity index (χ4v) is 2.61. The maximum absolute atomic E-state index is 3.06. The average Bonchev–Trinajstić information content (AvgIpc) is 3.10. The average molecular weight is 444 g/mol. The van der Waals surface area contributed by atoms with E-state index in [1.807, 2.05) is 0 Å². The van der Waals surface area contributed by atoms with Crippen LogP contribution >= 0.6 is 12.4 Å². The van der Waals surface area contributed by atoms with Crippen molar-refractivity contribution in [1.29, 1.82) is 0 Å². The Balaban J connectivity index is 0. The summed E-state index contributed by atoms with van der Waals surface area (Å²) in [5.41, 5.74) is 2.70. The molecule has 0 saturated carbocycles. The molecule has 0 aromatic heterocycles. The van der Waals surface area contributed by atoms with E-state index >= 15 is 0 Å². The van der Waals surface area contributed by atoms with Crippen LogP contribution in [0.1, 0.15) is 11.1 Å². The van der Waals surface area contributed by atoms with Crippen LogP contribution in [0.5, 0.6) is 0 Å². The van der Waals surface area contributed by atoms with Crippen molar-refractivity contribution in [3.8, 4) is 0 Å². The first-order chi connectivity index (χ1) is 10.7. The molecule has 25 heavy (non-hydrogen) atoms. The van der Waals surface area contributed by atoms with Gasteiger partial charge in [-0.25, -0.2) is 0 Å². The Hall–Kier alpha value is -0.950. The molecule has 132 valence electrons. The molecule has 0 nitrogen and oxygen atoms in total. The molecule has 0 fully saturated rings. The molecule has 2 radical (unpaired) electrons. The summed E-state index contributed by atoms with van der Waals surface area (Å²) in [6.07, 6.45) is 0. The van der Waals surface area contributed by atoms with E-state index < -0.39 is 0 Å². The molecule has 0 aliphatic carbocycles. The Morgan fingerprint density at radius 3 is 1.32 bits per heavy atom. The van der Waals surface area contributed by atoms with Gasteiger partial charge in [0.15, 0.2) is 0 Å². The summed E-state index contributed by atoms with van der Waals surface area (Å²) < 4.78 is 0. The van der Waals surface area contributed by atoms with Crippen molar-refractivity contribution in [2.24, 2.45) is 0 Å². The standard InChI is InChI=1S/2C10H9.2CH3.ClH.Si.Zr/c2*1-8-6-9-4-2-3-5-10(9)7-8;;;;;/h2*2-7H,1H3;2*1H3;1H;;/q4*-1;;;. The van der Waals surface area contributed by atoms with Crippen molar-refractivity contribution in [3.63, 3.8) is 0 Å². The zero-order chi connectivity index (χ0) is 15.9. The van der Waals surface area contributed by atoms with Gasteiger partial charge in [0.2, 0.25) is 0 Å². The molecule has 4 aromatic rings.